The molecule has 0 saturated carbocycles. The van der Waals surface area contributed by atoms with Gasteiger partial charge in [0.25, 0.3) is 0 Å². The van der Waals surface area contributed by atoms with Crippen molar-refractivity contribution in [3.05, 3.63) is 35.4 Å². The van der Waals surface area contributed by atoms with Gasteiger partial charge in [-0.05, 0) is 49.6 Å². The molecule has 2 nitrogen and oxygen atoms in total. The van der Waals surface area contributed by atoms with Crippen molar-refractivity contribution in [2.24, 2.45) is 0 Å². The van der Waals surface area contributed by atoms with E-state index in [1.807, 2.05) is 11.8 Å². The number of hydrogen-bond donors (Lipinski definition) is 2. The lowest BCUT2D eigenvalue weighted by atomic mass is 10.1. The van der Waals surface area contributed by atoms with E-state index in [1.165, 1.54) is 18.6 Å². The third kappa shape index (κ3) is 6.68. The number of nitrogens with one attached hydrogen (secondary N) is 1. The highest BCUT2D eigenvalue weighted by Crippen LogP contribution is 2.17. The lowest BCUT2D eigenvalue weighted by Crippen LogP contribution is -2.23. The van der Waals surface area contributed by atoms with Crippen molar-refractivity contribution in [1.29, 1.82) is 0 Å². The summed E-state index contributed by atoms with van der Waals surface area (Å²) in [4.78, 5) is 0. The minimum Gasteiger partial charge on any atom is -0.387 e. The Morgan fingerprint density at radius 3 is 2.70 bits per heavy atom. The van der Waals surface area contributed by atoms with E-state index in [4.69, 9.17) is 0 Å². The molecule has 2 N–H and O–H groups in total. The molecular formula is C15H23F2NOS. The summed E-state index contributed by atoms with van der Waals surface area (Å²) in [7, 11) is 0. The van der Waals surface area contributed by atoms with Crippen LogP contribution in [0.1, 0.15) is 37.4 Å². The second-order valence-corrected chi connectivity index (χ2v) is 5.78. The smallest absolute Gasteiger partial charge is 0.129 e. The van der Waals surface area contributed by atoms with Gasteiger partial charge in [0.15, 0.2) is 0 Å². The first-order chi connectivity index (χ1) is 9.65. The fourth-order valence-electron chi connectivity index (χ4n) is 1.97. The first-order valence-electron chi connectivity index (χ1n) is 6.98. The zero-order chi connectivity index (χ0) is 14.8. The van der Waals surface area contributed by atoms with Crippen LogP contribution in [0.2, 0.25) is 0 Å². The van der Waals surface area contributed by atoms with Gasteiger partial charge in [-0.15, -0.1) is 0 Å². The van der Waals surface area contributed by atoms with Crippen LogP contribution in [0, 0.1) is 11.6 Å². The molecule has 1 atom stereocenters. The highest BCUT2D eigenvalue weighted by Gasteiger charge is 2.13. The van der Waals surface area contributed by atoms with Crippen LogP contribution >= 0.6 is 11.8 Å². The second kappa shape index (κ2) is 10.1. The van der Waals surface area contributed by atoms with Crippen LogP contribution in [0.25, 0.3) is 0 Å². The van der Waals surface area contributed by atoms with Gasteiger partial charge in [0.05, 0.1) is 6.10 Å². The average molecular weight is 303 g/mol. The first-order valence-corrected chi connectivity index (χ1v) is 8.37. The Balaban J connectivity index is 2.17. The number of halogens is 2. The van der Waals surface area contributed by atoms with Gasteiger partial charge in [-0.1, -0.05) is 12.8 Å². The summed E-state index contributed by atoms with van der Waals surface area (Å²) in [6.07, 6.45) is 5.73. The Kier molecular flexibility index (Phi) is 8.82. The summed E-state index contributed by atoms with van der Waals surface area (Å²) < 4.78 is 26.4. The van der Waals surface area contributed by atoms with E-state index in [9.17, 15) is 13.9 Å². The molecule has 0 amide bonds. The lowest BCUT2D eigenvalue weighted by molar-refractivity contribution is 0.169. The third-order valence-corrected chi connectivity index (χ3v) is 3.80. The summed E-state index contributed by atoms with van der Waals surface area (Å²) in [6.45, 7) is 1.03. The lowest BCUT2D eigenvalue weighted by Gasteiger charge is -2.13. The number of rotatable bonds is 10. The third-order valence-electron chi connectivity index (χ3n) is 3.11. The molecule has 20 heavy (non-hydrogen) atoms. The molecule has 0 aromatic heterocycles. The maximum atomic E-state index is 13.4. The van der Waals surface area contributed by atoms with E-state index >= 15 is 0 Å². The van der Waals surface area contributed by atoms with Gasteiger partial charge in [-0.2, -0.15) is 11.8 Å². The van der Waals surface area contributed by atoms with Crippen LogP contribution in [0.4, 0.5) is 8.78 Å². The molecule has 0 spiro atoms. The number of aliphatic hydroxyl groups is 1. The molecule has 0 saturated heterocycles. The molecule has 0 fully saturated rings. The molecule has 1 rings (SSSR count). The molecule has 0 aliphatic rings. The van der Waals surface area contributed by atoms with Gasteiger partial charge in [0, 0.05) is 12.1 Å². The standard InChI is InChI=1S/C15H23F2NOS/c1-20-9-5-3-2-4-8-18-11-15(19)13-10-12(16)6-7-14(13)17/h6-7,10,15,18-19H,2-5,8-9,11H2,1H3. The normalized spacial score (nSPS) is 12.6. The zero-order valence-corrected chi connectivity index (χ0v) is 12.7. The van der Waals surface area contributed by atoms with Crippen LogP contribution in [0.3, 0.4) is 0 Å². The van der Waals surface area contributed by atoms with Gasteiger partial charge in [-0.25, -0.2) is 8.78 Å². The Bertz CT molecular complexity index is 390. The van der Waals surface area contributed by atoms with Crippen LogP contribution in [0.5, 0.6) is 0 Å². The van der Waals surface area contributed by atoms with Crippen molar-refractivity contribution in [2.45, 2.75) is 31.8 Å². The van der Waals surface area contributed by atoms with Gasteiger partial charge in [-0.3, -0.25) is 0 Å². The SMILES string of the molecule is CSCCCCCCNCC(O)c1cc(F)ccc1F. The first kappa shape index (κ1) is 17.4. The van der Waals surface area contributed by atoms with Crippen molar-refractivity contribution in [1.82, 2.24) is 5.32 Å². The van der Waals surface area contributed by atoms with Gasteiger partial charge in [0.2, 0.25) is 0 Å². The number of hydrogen-bond acceptors (Lipinski definition) is 3. The minimum atomic E-state index is -1.01. The van der Waals surface area contributed by atoms with Crippen molar-refractivity contribution < 1.29 is 13.9 Å². The van der Waals surface area contributed by atoms with E-state index in [-0.39, 0.29) is 12.1 Å². The summed E-state index contributed by atoms with van der Waals surface area (Å²) >= 11 is 1.86. The van der Waals surface area contributed by atoms with Gasteiger partial charge in [0.1, 0.15) is 11.6 Å². The topological polar surface area (TPSA) is 32.3 Å². The monoisotopic (exact) mass is 303 g/mol. The predicted molar refractivity (Wildman–Crippen MR) is 81.0 cm³/mol. The molecule has 0 radical (unpaired) electrons. The second-order valence-electron chi connectivity index (χ2n) is 4.79. The highest BCUT2D eigenvalue weighted by molar-refractivity contribution is 7.98. The molecule has 1 aromatic rings. The zero-order valence-electron chi connectivity index (χ0n) is 11.9. The minimum absolute atomic E-state index is 0.0115. The molecule has 1 unspecified atom stereocenters. The van der Waals surface area contributed by atoms with E-state index in [0.29, 0.717) is 0 Å². The highest BCUT2D eigenvalue weighted by atomic mass is 32.2. The molecule has 1 aromatic carbocycles. The number of aliphatic hydroxyl groups excluding tert-OH is 1. The molecule has 114 valence electrons. The van der Waals surface area contributed by atoms with E-state index in [1.54, 1.807) is 0 Å². The van der Waals surface area contributed by atoms with E-state index in [2.05, 4.69) is 11.6 Å². The molecule has 0 aliphatic carbocycles. The quantitative estimate of drug-likeness (QED) is 0.649. The van der Waals surface area contributed by atoms with Crippen molar-refractivity contribution in [3.63, 3.8) is 0 Å². The Morgan fingerprint density at radius 2 is 1.95 bits per heavy atom. The van der Waals surface area contributed by atoms with Crippen LogP contribution in [-0.4, -0.2) is 30.2 Å². The molecule has 0 heterocycles. The summed E-state index contributed by atoms with van der Waals surface area (Å²) in [5.74, 6) is 0.0948. The van der Waals surface area contributed by atoms with Gasteiger partial charge < -0.3 is 10.4 Å². The van der Waals surface area contributed by atoms with Gasteiger partial charge >= 0.3 is 0 Å². The molecular weight excluding hydrogens is 280 g/mol. The van der Waals surface area contributed by atoms with E-state index < -0.39 is 17.7 Å². The van der Waals surface area contributed by atoms with Crippen LogP contribution in [0.15, 0.2) is 18.2 Å². The number of benzene rings is 1. The van der Waals surface area contributed by atoms with Crippen molar-refractivity contribution in [2.75, 3.05) is 25.1 Å². The number of unbranched alkanes of at least 4 members (excludes halogenated alkanes) is 3. The summed E-state index contributed by atoms with van der Waals surface area (Å²) in [6, 6.07) is 3.14. The largest absolute Gasteiger partial charge is 0.387 e. The Hall–Kier alpha value is -0.650. The molecule has 0 aliphatic heterocycles. The van der Waals surface area contributed by atoms with Crippen LogP contribution < -0.4 is 5.32 Å². The maximum absolute atomic E-state index is 13.4. The summed E-state index contributed by atoms with van der Waals surface area (Å²) in [5.41, 5.74) is 0.0115. The summed E-state index contributed by atoms with van der Waals surface area (Å²) in [5, 5.41) is 12.9. The average Bonchev–Trinajstić information content (AvgIpc) is 2.44. The number of thioether (sulfide) groups is 1. The fraction of sp³-hybridized carbons (Fsp3) is 0.600. The van der Waals surface area contributed by atoms with Crippen molar-refractivity contribution >= 4 is 11.8 Å². The Morgan fingerprint density at radius 1 is 1.20 bits per heavy atom. The molecule has 0 bridgehead atoms. The Labute approximate surface area is 124 Å². The van der Waals surface area contributed by atoms with Crippen LogP contribution in [-0.2, 0) is 0 Å². The maximum Gasteiger partial charge on any atom is 0.129 e. The predicted octanol–water partition coefficient (Wildman–Crippen LogP) is 3.51. The van der Waals surface area contributed by atoms with E-state index in [0.717, 1.165) is 37.6 Å². The fourth-order valence-corrected chi connectivity index (χ4v) is 2.46. The molecule has 5 heteroatoms. The van der Waals surface area contributed by atoms with Crippen molar-refractivity contribution in [3.8, 4) is 0 Å².